The van der Waals surface area contributed by atoms with E-state index >= 15 is 0 Å². The average Bonchev–Trinajstić information content (AvgIpc) is 2.79. The SMILES string of the molecule is O=C(CN1C(=O)CSc2ccccc21)NCc1ccc(OCc2ccccn2)cc1. The Morgan fingerprint density at radius 1 is 1.07 bits per heavy atom. The molecule has 0 saturated heterocycles. The molecule has 152 valence electrons. The number of anilines is 1. The van der Waals surface area contributed by atoms with Crippen molar-refractivity contribution < 1.29 is 14.3 Å². The van der Waals surface area contributed by atoms with Gasteiger partial charge in [0.15, 0.2) is 0 Å². The number of hydrogen-bond acceptors (Lipinski definition) is 5. The highest BCUT2D eigenvalue weighted by Gasteiger charge is 2.26. The van der Waals surface area contributed by atoms with Gasteiger partial charge in [-0.15, -0.1) is 11.8 Å². The highest BCUT2D eigenvalue weighted by molar-refractivity contribution is 8.00. The van der Waals surface area contributed by atoms with Crippen molar-refractivity contribution in [3.8, 4) is 5.75 Å². The first-order valence-corrected chi connectivity index (χ1v) is 10.6. The minimum absolute atomic E-state index is 0.0156. The normalized spacial score (nSPS) is 12.9. The fourth-order valence-corrected chi connectivity index (χ4v) is 4.01. The van der Waals surface area contributed by atoms with Crippen LogP contribution in [-0.4, -0.2) is 29.1 Å². The summed E-state index contributed by atoms with van der Waals surface area (Å²) in [6.07, 6.45) is 1.74. The van der Waals surface area contributed by atoms with Crippen LogP contribution < -0.4 is 15.0 Å². The molecule has 2 heterocycles. The summed E-state index contributed by atoms with van der Waals surface area (Å²) in [5.41, 5.74) is 2.61. The van der Waals surface area contributed by atoms with E-state index in [1.165, 1.54) is 11.8 Å². The first-order valence-electron chi connectivity index (χ1n) is 9.59. The lowest BCUT2D eigenvalue weighted by atomic mass is 10.2. The molecule has 0 bridgehead atoms. The van der Waals surface area contributed by atoms with Gasteiger partial charge in [-0.2, -0.15) is 0 Å². The second-order valence-corrected chi connectivity index (χ2v) is 7.78. The van der Waals surface area contributed by atoms with Gasteiger partial charge in [0.25, 0.3) is 0 Å². The third-order valence-electron chi connectivity index (χ3n) is 4.64. The summed E-state index contributed by atoms with van der Waals surface area (Å²) < 4.78 is 5.72. The first kappa shape index (κ1) is 20.0. The summed E-state index contributed by atoms with van der Waals surface area (Å²) in [4.78, 5) is 31.5. The number of fused-ring (bicyclic) bond motifs is 1. The van der Waals surface area contributed by atoms with Crippen LogP contribution in [0.4, 0.5) is 5.69 Å². The molecular weight excluding hydrogens is 398 g/mol. The minimum Gasteiger partial charge on any atom is -0.487 e. The van der Waals surface area contributed by atoms with Gasteiger partial charge in [-0.3, -0.25) is 14.6 Å². The number of pyridine rings is 1. The average molecular weight is 420 g/mol. The lowest BCUT2D eigenvalue weighted by molar-refractivity contribution is -0.123. The minimum atomic E-state index is -0.194. The van der Waals surface area contributed by atoms with Gasteiger partial charge < -0.3 is 15.0 Å². The van der Waals surface area contributed by atoms with Crippen LogP contribution in [0.15, 0.2) is 77.8 Å². The summed E-state index contributed by atoms with van der Waals surface area (Å²) >= 11 is 1.50. The van der Waals surface area contributed by atoms with Gasteiger partial charge >= 0.3 is 0 Å². The molecule has 0 saturated carbocycles. The Kier molecular flexibility index (Phi) is 6.29. The third kappa shape index (κ3) is 4.99. The number of benzene rings is 2. The molecule has 1 N–H and O–H groups in total. The second-order valence-electron chi connectivity index (χ2n) is 6.77. The Labute approximate surface area is 179 Å². The Balaban J connectivity index is 1.28. The van der Waals surface area contributed by atoms with E-state index in [0.29, 0.717) is 18.9 Å². The summed E-state index contributed by atoms with van der Waals surface area (Å²) in [6.45, 7) is 0.806. The van der Waals surface area contributed by atoms with Crippen LogP contribution in [0.3, 0.4) is 0 Å². The zero-order valence-corrected chi connectivity index (χ0v) is 17.1. The number of thioether (sulfide) groups is 1. The molecule has 0 fully saturated rings. The Morgan fingerprint density at radius 2 is 1.87 bits per heavy atom. The number of carbonyl (C=O) groups excluding carboxylic acids is 2. The quantitative estimate of drug-likeness (QED) is 0.635. The summed E-state index contributed by atoms with van der Waals surface area (Å²) in [6, 6.07) is 20.9. The first-order chi connectivity index (χ1) is 14.7. The molecule has 2 aromatic carbocycles. The molecule has 4 rings (SSSR count). The number of rotatable bonds is 7. The maximum absolute atomic E-state index is 12.4. The van der Waals surface area contributed by atoms with E-state index in [2.05, 4.69) is 10.3 Å². The Bertz CT molecular complexity index is 1030. The fourth-order valence-electron chi connectivity index (χ4n) is 3.07. The van der Waals surface area contributed by atoms with Crippen molar-refractivity contribution in [2.45, 2.75) is 18.0 Å². The van der Waals surface area contributed by atoms with Gasteiger partial charge in [0, 0.05) is 17.6 Å². The molecule has 0 aliphatic carbocycles. The zero-order valence-electron chi connectivity index (χ0n) is 16.3. The summed E-state index contributed by atoms with van der Waals surface area (Å²) in [5.74, 6) is 0.845. The predicted molar refractivity (Wildman–Crippen MR) is 116 cm³/mol. The van der Waals surface area contributed by atoms with E-state index in [-0.39, 0.29) is 18.4 Å². The largest absolute Gasteiger partial charge is 0.487 e. The lowest BCUT2D eigenvalue weighted by Crippen LogP contribution is -2.43. The van der Waals surface area contributed by atoms with Crippen molar-refractivity contribution in [3.05, 3.63) is 84.2 Å². The monoisotopic (exact) mass is 419 g/mol. The zero-order chi connectivity index (χ0) is 20.8. The van der Waals surface area contributed by atoms with Gasteiger partial charge in [0.1, 0.15) is 18.9 Å². The summed E-state index contributed by atoms with van der Waals surface area (Å²) in [7, 11) is 0. The molecule has 0 atom stereocenters. The smallest absolute Gasteiger partial charge is 0.240 e. The maximum atomic E-state index is 12.4. The number of nitrogens with zero attached hydrogens (tertiary/aromatic N) is 2. The van der Waals surface area contributed by atoms with E-state index < -0.39 is 0 Å². The van der Waals surface area contributed by atoms with E-state index in [1.54, 1.807) is 11.1 Å². The molecule has 30 heavy (non-hydrogen) atoms. The van der Waals surface area contributed by atoms with Crippen LogP contribution in [0.25, 0.3) is 0 Å². The summed E-state index contributed by atoms with van der Waals surface area (Å²) in [5, 5.41) is 2.88. The molecule has 1 aromatic heterocycles. The van der Waals surface area contributed by atoms with Gasteiger partial charge in [-0.25, -0.2) is 0 Å². The van der Waals surface area contributed by atoms with Crippen LogP contribution in [-0.2, 0) is 22.7 Å². The van der Waals surface area contributed by atoms with E-state index in [9.17, 15) is 9.59 Å². The number of carbonyl (C=O) groups is 2. The van der Waals surface area contributed by atoms with Gasteiger partial charge in [0.2, 0.25) is 11.8 Å². The molecule has 7 heteroatoms. The Hall–Kier alpha value is -3.32. The van der Waals surface area contributed by atoms with Gasteiger partial charge in [-0.1, -0.05) is 30.3 Å². The number of aromatic nitrogens is 1. The molecular formula is C23H21N3O3S. The number of para-hydroxylation sites is 1. The van der Waals surface area contributed by atoms with Crippen LogP contribution in [0, 0.1) is 0 Å². The van der Waals surface area contributed by atoms with Crippen LogP contribution >= 0.6 is 11.8 Å². The van der Waals surface area contributed by atoms with Crippen molar-refractivity contribution in [2.75, 3.05) is 17.2 Å². The van der Waals surface area contributed by atoms with Crippen LogP contribution in [0.1, 0.15) is 11.3 Å². The molecule has 0 radical (unpaired) electrons. The second kappa shape index (κ2) is 9.45. The molecule has 0 spiro atoms. The molecule has 6 nitrogen and oxygen atoms in total. The van der Waals surface area contributed by atoms with E-state index in [0.717, 1.165) is 27.6 Å². The lowest BCUT2D eigenvalue weighted by Gasteiger charge is -2.28. The maximum Gasteiger partial charge on any atom is 0.240 e. The van der Waals surface area contributed by atoms with Gasteiger partial charge in [0.05, 0.1) is 17.1 Å². The predicted octanol–water partition coefficient (Wildman–Crippen LogP) is 3.42. The molecule has 0 unspecified atom stereocenters. The van der Waals surface area contributed by atoms with Crippen molar-refractivity contribution in [1.82, 2.24) is 10.3 Å². The van der Waals surface area contributed by atoms with Crippen LogP contribution in [0.2, 0.25) is 0 Å². The van der Waals surface area contributed by atoms with Crippen molar-refractivity contribution in [3.63, 3.8) is 0 Å². The fraction of sp³-hybridized carbons (Fsp3) is 0.174. The standard InChI is InChI=1S/C23H21N3O3S/c27-22(14-26-20-6-1-2-7-21(20)30-16-23(26)28)25-13-17-8-10-19(11-9-17)29-15-18-5-3-4-12-24-18/h1-12H,13-16H2,(H,25,27). The van der Waals surface area contributed by atoms with E-state index in [1.807, 2.05) is 66.7 Å². The van der Waals surface area contributed by atoms with Crippen molar-refractivity contribution in [2.24, 2.45) is 0 Å². The number of amides is 2. The number of nitrogens with one attached hydrogen (secondary N) is 1. The highest BCUT2D eigenvalue weighted by atomic mass is 32.2. The molecule has 2 amide bonds. The Morgan fingerprint density at radius 3 is 2.67 bits per heavy atom. The number of hydrogen-bond donors (Lipinski definition) is 1. The van der Waals surface area contributed by atoms with Gasteiger partial charge in [-0.05, 0) is 42.0 Å². The molecule has 3 aromatic rings. The molecule has 1 aliphatic heterocycles. The van der Waals surface area contributed by atoms with Crippen LogP contribution in [0.5, 0.6) is 5.75 Å². The van der Waals surface area contributed by atoms with E-state index in [4.69, 9.17) is 4.74 Å². The van der Waals surface area contributed by atoms with Crippen molar-refractivity contribution >= 4 is 29.3 Å². The molecule has 1 aliphatic rings. The third-order valence-corrected chi connectivity index (χ3v) is 5.68. The number of ether oxygens (including phenoxy) is 1. The highest BCUT2D eigenvalue weighted by Crippen LogP contribution is 2.34. The topological polar surface area (TPSA) is 71.5 Å². The van der Waals surface area contributed by atoms with Crippen molar-refractivity contribution in [1.29, 1.82) is 0 Å².